The monoisotopic (exact) mass is 383 g/mol. The summed E-state index contributed by atoms with van der Waals surface area (Å²) in [6.45, 7) is -0.648. The molecule has 1 aliphatic rings. The van der Waals surface area contributed by atoms with Crippen molar-refractivity contribution in [2.45, 2.75) is 24.9 Å². The minimum atomic E-state index is -4.78. The van der Waals surface area contributed by atoms with E-state index >= 15 is 0 Å². The number of ether oxygens (including phenoxy) is 1. The zero-order chi connectivity index (χ0) is 18.1. The molecule has 1 aromatic rings. The van der Waals surface area contributed by atoms with Gasteiger partial charge in [-0.2, -0.15) is 0 Å². The predicted octanol–water partition coefficient (Wildman–Crippen LogP) is -0.111. The molecular weight excluding hydrogens is 373 g/mol. The second-order valence-corrected chi connectivity index (χ2v) is 6.29. The van der Waals surface area contributed by atoms with E-state index in [1.54, 1.807) is 0 Å². The molecule has 1 fully saturated rings. The second kappa shape index (κ2) is 7.05. The Labute approximate surface area is 137 Å². The molecule has 2 rings (SSSR count). The van der Waals surface area contributed by atoms with Crippen molar-refractivity contribution in [1.82, 2.24) is 9.55 Å². The molecule has 4 N–H and O–H groups in total. The molecule has 0 aromatic carbocycles. The number of aliphatic hydroxyl groups is 1. The van der Waals surface area contributed by atoms with Crippen molar-refractivity contribution >= 4 is 25.2 Å². The maximum absolute atomic E-state index is 12.0. The highest BCUT2D eigenvalue weighted by Gasteiger charge is 2.38. The number of aromatic nitrogens is 2. The second-order valence-electron chi connectivity index (χ2n) is 4.67. The van der Waals surface area contributed by atoms with Gasteiger partial charge in [0, 0.05) is 11.3 Å². The topological polar surface area (TPSA) is 200 Å². The van der Waals surface area contributed by atoms with E-state index in [0.29, 0.717) is 0 Å². The molecule has 1 saturated heterocycles. The SMILES string of the molecule is [N-]=[N+]=Nc1c(Cl)c(=O)[nH]c(=O)n1[C@H]1C[C@H](O)[C@@H](COP(=O)(O)O)O1. The van der Waals surface area contributed by atoms with Crippen molar-refractivity contribution in [2.75, 3.05) is 6.61 Å². The standard InChI is InChI=1S/C9H11ClN5O8P/c10-6-7(13-14-11)15(9(18)12-8(6)17)5-1-3(16)4(23-5)2-22-24(19,20)21/h3-5,16H,1-2H2,(H,12,17,18)(H2,19,20,21)/t3-,4+,5+/m0/s1. The van der Waals surface area contributed by atoms with Gasteiger partial charge < -0.3 is 19.6 Å². The minimum absolute atomic E-state index is 0.203. The first-order chi connectivity index (χ1) is 11.1. The predicted molar refractivity (Wildman–Crippen MR) is 77.7 cm³/mol. The average Bonchev–Trinajstić information content (AvgIpc) is 2.82. The van der Waals surface area contributed by atoms with Gasteiger partial charge in [0.2, 0.25) is 0 Å². The van der Waals surface area contributed by atoms with Crippen molar-refractivity contribution in [3.05, 3.63) is 36.3 Å². The van der Waals surface area contributed by atoms with E-state index in [4.69, 9.17) is 31.7 Å². The van der Waals surface area contributed by atoms with Crippen LogP contribution in [0.4, 0.5) is 5.82 Å². The Hall–Kier alpha value is -1.69. The maximum Gasteiger partial charge on any atom is 0.469 e. The molecule has 1 aliphatic heterocycles. The van der Waals surface area contributed by atoms with Crippen LogP contribution in [0.5, 0.6) is 0 Å². The number of phosphoric acid groups is 1. The molecule has 0 radical (unpaired) electrons. The Bertz CT molecular complexity index is 841. The summed E-state index contributed by atoms with van der Waals surface area (Å²) in [4.78, 5) is 45.1. The number of rotatable bonds is 5. The summed E-state index contributed by atoms with van der Waals surface area (Å²) in [5.41, 5.74) is 6.57. The highest BCUT2D eigenvalue weighted by atomic mass is 35.5. The van der Waals surface area contributed by atoms with E-state index < -0.39 is 55.0 Å². The summed E-state index contributed by atoms with van der Waals surface area (Å²) < 4.78 is 21.0. The Kier molecular flexibility index (Phi) is 5.48. The molecule has 0 saturated carbocycles. The summed E-state index contributed by atoms with van der Waals surface area (Å²) in [7, 11) is -4.78. The Balaban J connectivity index is 2.35. The number of phosphoric ester groups is 1. The Morgan fingerprint density at radius 1 is 1.54 bits per heavy atom. The van der Waals surface area contributed by atoms with Crippen LogP contribution >= 0.6 is 19.4 Å². The number of azide groups is 1. The molecule has 0 spiro atoms. The fourth-order valence-corrected chi connectivity index (χ4v) is 2.63. The highest BCUT2D eigenvalue weighted by Crippen LogP contribution is 2.38. The molecular formula is C9H11ClN5O8P. The number of nitrogens with one attached hydrogen (secondary N) is 1. The molecule has 1 aromatic heterocycles. The van der Waals surface area contributed by atoms with Gasteiger partial charge in [-0.1, -0.05) is 11.6 Å². The summed E-state index contributed by atoms with van der Waals surface area (Å²) in [6.07, 6.45) is -3.81. The van der Waals surface area contributed by atoms with Gasteiger partial charge >= 0.3 is 13.5 Å². The number of aliphatic hydroxyl groups excluding tert-OH is 1. The third kappa shape index (κ3) is 4.04. The number of aromatic amines is 1. The molecule has 13 nitrogen and oxygen atoms in total. The number of nitrogens with zero attached hydrogens (tertiary/aromatic N) is 4. The van der Waals surface area contributed by atoms with Gasteiger partial charge in [0.15, 0.2) is 0 Å². The van der Waals surface area contributed by atoms with E-state index in [1.807, 2.05) is 4.98 Å². The third-order valence-corrected chi connectivity index (χ3v) is 3.93. The third-order valence-electron chi connectivity index (χ3n) is 3.10. The quantitative estimate of drug-likeness (QED) is 0.233. The van der Waals surface area contributed by atoms with E-state index in [2.05, 4.69) is 14.5 Å². The van der Waals surface area contributed by atoms with E-state index in [1.165, 1.54) is 0 Å². The van der Waals surface area contributed by atoms with Crippen LogP contribution in [-0.2, 0) is 13.8 Å². The first-order valence-electron chi connectivity index (χ1n) is 6.27. The number of hydrogen-bond acceptors (Lipinski definition) is 7. The van der Waals surface area contributed by atoms with E-state index in [0.717, 1.165) is 4.57 Å². The largest absolute Gasteiger partial charge is 0.469 e. The van der Waals surface area contributed by atoms with Crippen molar-refractivity contribution in [3.8, 4) is 0 Å². The smallest absolute Gasteiger partial charge is 0.390 e. The molecule has 0 unspecified atom stereocenters. The van der Waals surface area contributed by atoms with Crippen LogP contribution in [-0.4, -0.2) is 43.3 Å². The average molecular weight is 384 g/mol. The summed E-state index contributed by atoms with van der Waals surface area (Å²) >= 11 is 5.71. The first-order valence-corrected chi connectivity index (χ1v) is 8.18. The first kappa shape index (κ1) is 18.6. The van der Waals surface area contributed by atoms with Crippen LogP contribution in [0.3, 0.4) is 0 Å². The molecule has 15 heteroatoms. The molecule has 0 bridgehead atoms. The van der Waals surface area contributed by atoms with Crippen LogP contribution in [0, 0.1) is 0 Å². The van der Waals surface area contributed by atoms with Gasteiger partial charge in [-0.15, -0.1) is 0 Å². The van der Waals surface area contributed by atoms with Crippen LogP contribution in [0.1, 0.15) is 12.6 Å². The van der Waals surface area contributed by atoms with Gasteiger partial charge in [0.1, 0.15) is 23.2 Å². The maximum atomic E-state index is 12.0. The van der Waals surface area contributed by atoms with Crippen LogP contribution in [0.15, 0.2) is 14.7 Å². The minimum Gasteiger partial charge on any atom is -0.390 e. The zero-order valence-corrected chi connectivity index (χ0v) is 13.3. The van der Waals surface area contributed by atoms with Gasteiger partial charge in [0.25, 0.3) is 5.56 Å². The highest BCUT2D eigenvalue weighted by molar-refractivity contribution is 7.46. The Morgan fingerprint density at radius 3 is 2.79 bits per heavy atom. The normalized spacial score (nSPS) is 23.9. The van der Waals surface area contributed by atoms with Gasteiger partial charge in [0.05, 0.1) is 12.7 Å². The lowest BCUT2D eigenvalue weighted by Crippen LogP contribution is -2.33. The summed E-state index contributed by atoms with van der Waals surface area (Å²) in [6, 6.07) is 0. The molecule has 24 heavy (non-hydrogen) atoms. The molecule has 0 aliphatic carbocycles. The lowest BCUT2D eigenvalue weighted by atomic mass is 10.2. The zero-order valence-electron chi connectivity index (χ0n) is 11.6. The molecule has 0 amide bonds. The van der Waals surface area contributed by atoms with Gasteiger partial charge in [-0.3, -0.25) is 18.9 Å². The van der Waals surface area contributed by atoms with Gasteiger partial charge in [-0.05, 0) is 10.6 Å². The van der Waals surface area contributed by atoms with Crippen LogP contribution in [0.2, 0.25) is 5.02 Å². The number of hydrogen-bond donors (Lipinski definition) is 4. The van der Waals surface area contributed by atoms with Crippen molar-refractivity contribution in [2.24, 2.45) is 5.11 Å². The molecule has 3 atom stereocenters. The lowest BCUT2D eigenvalue weighted by molar-refractivity contribution is -0.0444. The van der Waals surface area contributed by atoms with E-state index in [9.17, 15) is 19.3 Å². The summed E-state index contributed by atoms with van der Waals surface area (Å²) in [5.74, 6) is -0.512. The lowest BCUT2D eigenvalue weighted by Gasteiger charge is -2.18. The molecule has 132 valence electrons. The van der Waals surface area contributed by atoms with Crippen molar-refractivity contribution < 1.29 is 28.7 Å². The van der Waals surface area contributed by atoms with E-state index in [-0.39, 0.29) is 6.42 Å². The number of halogens is 1. The fourth-order valence-electron chi connectivity index (χ4n) is 2.11. The van der Waals surface area contributed by atoms with Crippen LogP contribution < -0.4 is 11.2 Å². The fraction of sp³-hybridized carbons (Fsp3) is 0.556. The summed E-state index contributed by atoms with van der Waals surface area (Å²) in [5, 5.41) is 12.5. The van der Waals surface area contributed by atoms with Crippen molar-refractivity contribution in [3.63, 3.8) is 0 Å². The van der Waals surface area contributed by atoms with Gasteiger partial charge in [-0.25, -0.2) is 9.36 Å². The number of H-pyrrole nitrogens is 1. The molecule has 2 heterocycles. The van der Waals surface area contributed by atoms with Crippen molar-refractivity contribution in [1.29, 1.82) is 0 Å². The Morgan fingerprint density at radius 2 is 2.21 bits per heavy atom. The van der Waals surface area contributed by atoms with Crippen LogP contribution in [0.25, 0.3) is 10.4 Å².